The fraction of sp³-hybridized carbons (Fsp3) is 0.571. The third-order valence-corrected chi connectivity index (χ3v) is 5.96. The van der Waals surface area contributed by atoms with Crippen LogP contribution >= 0.6 is 12.4 Å². The lowest BCUT2D eigenvalue weighted by Gasteiger charge is -2.30. The first kappa shape index (κ1) is 19.2. The Balaban J connectivity index is 0.00000196. The van der Waals surface area contributed by atoms with Gasteiger partial charge in [0.25, 0.3) is 0 Å². The number of carbonyl (C=O) groups excluding carboxylic acids is 1. The fourth-order valence-electron chi connectivity index (χ4n) is 4.68. The normalized spacial score (nSPS) is 24.5. The van der Waals surface area contributed by atoms with Crippen LogP contribution in [0.3, 0.4) is 0 Å². The Bertz CT molecular complexity index is 760. The van der Waals surface area contributed by atoms with Crippen molar-refractivity contribution in [2.45, 2.75) is 64.1 Å². The smallest absolute Gasteiger partial charge is 0.222 e. The highest BCUT2D eigenvalue weighted by Crippen LogP contribution is 2.33. The number of hydrogen-bond donors (Lipinski definition) is 1. The largest absolute Gasteiger partial charge is 0.461 e. The first-order chi connectivity index (χ1) is 12.1. The Morgan fingerprint density at radius 3 is 2.62 bits per heavy atom. The molecule has 2 unspecified atom stereocenters. The molecule has 2 atom stereocenters. The van der Waals surface area contributed by atoms with Gasteiger partial charge in [-0.25, -0.2) is 0 Å². The quantitative estimate of drug-likeness (QED) is 0.846. The maximum absolute atomic E-state index is 12.8. The predicted molar refractivity (Wildman–Crippen MR) is 107 cm³/mol. The highest BCUT2D eigenvalue weighted by atomic mass is 35.5. The average Bonchev–Trinajstić information content (AvgIpc) is 3.14. The third kappa shape index (κ3) is 3.77. The van der Waals surface area contributed by atoms with E-state index in [9.17, 15) is 4.79 Å². The highest BCUT2D eigenvalue weighted by Gasteiger charge is 2.34. The Labute approximate surface area is 161 Å². The highest BCUT2D eigenvalue weighted by molar-refractivity contribution is 5.85. The van der Waals surface area contributed by atoms with Crippen LogP contribution in [0.4, 0.5) is 0 Å². The number of rotatable bonds is 5. The van der Waals surface area contributed by atoms with Gasteiger partial charge in [-0.15, -0.1) is 12.4 Å². The molecular weight excluding hydrogens is 348 g/mol. The molecule has 1 aromatic carbocycles. The molecule has 0 radical (unpaired) electrons. The Kier molecular flexibility index (Phi) is 5.93. The molecule has 2 saturated heterocycles. The number of benzene rings is 1. The number of furan rings is 1. The van der Waals surface area contributed by atoms with Gasteiger partial charge >= 0.3 is 0 Å². The molecule has 2 aliphatic heterocycles. The molecule has 2 fully saturated rings. The number of nitrogens with zero attached hydrogens (tertiary/aromatic N) is 1. The first-order valence-electron chi connectivity index (χ1n) is 9.63. The van der Waals surface area contributed by atoms with Gasteiger partial charge in [0, 0.05) is 49.5 Å². The maximum atomic E-state index is 12.8. The summed E-state index contributed by atoms with van der Waals surface area (Å²) in [6.45, 7) is 2.74. The Morgan fingerprint density at radius 1 is 1.23 bits per heavy atom. The molecule has 0 aliphatic carbocycles. The van der Waals surface area contributed by atoms with Crippen LogP contribution in [0.1, 0.15) is 50.4 Å². The van der Waals surface area contributed by atoms with E-state index in [4.69, 9.17) is 4.42 Å². The molecule has 4 nitrogen and oxygen atoms in total. The number of para-hydroxylation sites is 1. The fourth-order valence-corrected chi connectivity index (χ4v) is 4.68. The minimum Gasteiger partial charge on any atom is -0.461 e. The van der Waals surface area contributed by atoms with Crippen LogP contribution in [0.2, 0.25) is 0 Å². The number of amides is 1. The van der Waals surface area contributed by atoms with Gasteiger partial charge in [-0.05, 0) is 37.7 Å². The zero-order valence-corrected chi connectivity index (χ0v) is 16.5. The molecule has 0 spiro atoms. The van der Waals surface area contributed by atoms with Crippen LogP contribution in [-0.4, -0.2) is 29.9 Å². The van der Waals surface area contributed by atoms with Crippen LogP contribution < -0.4 is 5.32 Å². The van der Waals surface area contributed by atoms with Gasteiger partial charge in [0.2, 0.25) is 5.91 Å². The first-order valence-corrected chi connectivity index (χ1v) is 9.63. The van der Waals surface area contributed by atoms with Gasteiger partial charge in [0.15, 0.2) is 0 Å². The van der Waals surface area contributed by atoms with Gasteiger partial charge in [-0.3, -0.25) is 4.79 Å². The summed E-state index contributed by atoms with van der Waals surface area (Å²) < 4.78 is 5.97. The molecule has 5 heteroatoms. The lowest BCUT2D eigenvalue weighted by atomic mass is 9.89. The van der Waals surface area contributed by atoms with Crippen LogP contribution in [0, 0.1) is 5.92 Å². The second-order valence-corrected chi connectivity index (χ2v) is 7.78. The van der Waals surface area contributed by atoms with Crippen molar-refractivity contribution in [2.75, 3.05) is 7.05 Å². The van der Waals surface area contributed by atoms with E-state index < -0.39 is 0 Å². The maximum Gasteiger partial charge on any atom is 0.222 e. The summed E-state index contributed by atoms with van der Waals surface area (Å²) in [5.41, 5.74) is 2.09. The predicted octanol–water partition coefficient (Wildman–Crippen LogP) is 4.30. The lowest BCUT2D eigenvalue weighted by Crippen LogP contribution is -2.40. The summed E-state index contributed by atoms with van der Waals surface area (Å²) in [7, 11) is 1.93. The summed E-state index contributed by atoms with van der Waals surface area (Å²) in [6.07, 6.45) is 6.42. The SMILES string of the molecule is CCc1oc2ccccc2c1CN(C)C(=O)CC1CC2CCC(C1)N2.Cl. The number of piperidine rings is 1. The van der Waals surface area contributed by atoms with E-state index in [1.54, 1.807) is 0 Å². The summed E-state index contributed by atoms with van der Waals surface area (Å²) in [5.74, 6) is 1.81. The summed E-state index contributed by atoms with van der Waals surface area (Å²) in [5, 5.41) is 4.79. The number of nitrogens with one attached hydrogen (secondary N) is 1. The topological polar surface area (TPSA) is 45.5 Å². The lowest BCUT2D eigenvalue weighted by molar-refractivity contribution is -0.131. The van der Waals surface area contributed by atoms with Crippen LogP contribution in [0.25, 0.3) is 11.0 Å². The van der Waals surface area contributed by atoms with Crippen molar-refractivity contribution in [3.8, 4) is 0 Å². The van der Waals surface area contributed by atoms with Crippen LogP contribution in [0.5, 0.6) is 0 Å². The Hall–Kier alpha value is -1.52. The van der Waals surface area contributed by atoms with Gasteiger partial charge in [-0.2, -0.15) is 0 Å². The van der Waals surface area contributed by atoms with Gasteiger partial charge in [0.05, 0.1) is 0 Å². The number of carbonyl (C=O) groups is 1. The second-order valence-electron chi connectivity index (χ2n) is 7.78. The van der Waals surface area contributed by atoms with Crippen molar-refractivity contribution in [1.29, 1.82) is 0 Å². The van der Waals surface area contributed by atoms with E-state index in [-0.39, 0.29) is 18.3 Å². The van der Waals surface area contributed by atoms with E-state index >= 15 is 0 Å². The van der Waals surface area contributed by atoms with E-state index in [2.05, 4.69) is 18.3 Å². The molecule has 142 valence electrons. The summed E-state index contributed by atoms with van der Waals surface area (Å²) in [4.78, 5) is 14.7. The molecule has 1 amide bonds. The van der Waals surface area contributed by atoms with Crippen LogP contribution in [-0.2, 0) is 17.8 Å². The summed E-state index contributed by atoms with van der Waals surface area (Å²) >= 11 is 0. The van der Waals surface area contributed by atoms with E-state index in [1.807, 2.05) is 30.1 Å². The second kappa shape index (κ2) is 8.01. The van der Waals surface area contributed by atoms with E-state index in [0.717, 1.165) is 36.0 Å². The van der Waals surface area contributed by atoms with E-state index in [0.29, 0.717) is 31.0 Å². The molecule has 1 aromatic heterocycles. The van der Waals surface area contributed by atoms with Crippen molar-refractivity contribution >= 4 is 29.3 Å². The molecule has 3 heterocycles. The molecule has 2 bridgehead atoms. The van der Waals surface area contributed by atoms with Crippen molar-refractivity contribution < 1.29 is 9.21 Å². The standard InChI is InChI=1S/C21H28N2O2.ClH/c1-3-19-18(17-6-4-5-7-20(17)25-19)13-23(2)21(24)12-14-10-15-8-9-16(11-14)22-15;/h4-7,14-16,22H,3,8-13H2,1-2H3;1H. The molecule has 26 heavy (non-hydrogen) atoms. The van der Waals surface area contributed by atoms with Gasteiger partial charge in [0.1, 0.15) is 11.3 Å². The van der Waals surface area contributed by atoms with Crippen molar-refractivity contribution in [3.63, 3.8) is 0 Å². The molecule has 2 aliphatic rings. The molecule has 2 aromatic rings. The van der Waals surface area contributed by atoms with Crippen molar-refractivity contribution in [3.05, 3.63) is 35.6 Å². The molecule has 0 saturated carbocycles. The minimum absolute atomic E-state index is 0. The third-order valence-electron chi connectivity index (χ3n) is 5.96. The summed E-state index contributed by atoms with van der Waals surface area (Å²) in [6, 6.07) is 9.42. The monoisotopic (exact) mass is 376 g/mol. The number of halogens is 1. The minimum atomic E-state index is 0. The zero-order valence-electron chi connectivity index (χ0n) is 15.7. The van der Waals surface area contributed by atoms with E-state index in [1.165, 1.54) is 18.4 Å². The zero-order chi connectivity index (χ0) is 17.4. The average molecular weight is 377 g/mol. The van der Waals surface area contributed by atoms with Crippen molar-refractivity contribution in [1.82, 2.24) is 10.2 Å². The Morgan fingerprint density at radius 2 is 1.92 bits per heavy atom. The van der Waals surface area contributed by atoms with Crippen LogP contribution in [0.15, 0.2) is 28.7 Å². The molecule has 1 N–H and O–H groups in total. The molecule has 4 rings (SSSR count). The number of aryl methyl sites for hydroxylation is 1. The number of fused-ring (bicyclic) bond motifs is 3. The van der Waals surface area contributed by atoms with Gasteiger partial charge < -0.3 is 14.6 Å². The number of hydrogen-bond acceptors (Lipinski definition) is 3. The van der Waals surface area contributed by atoms with Gasteiger partial charge in [-0.1, -0.05) is 25.1 Å². The van der Waals surface area contributed by atoms with Crippen molar-refractivity contribution in [2.24, 2.45) is 5.92 Å². The molecular formula is C21H29ClN2O2.